The summed E-state index contributed by atoms with van der Waals surface area (Å²) in [5, 5.41) is 0. The number of rotatable bonds is 14. The van der Waals surface area contributed by atoms with E-state index in [1.54, 1.807) is 45.5 Å². The molecule has 0 fully saturated rings. The van der Waals surface area contributed by atoms with Crippen LogP contribution >= 0.6 is 0 Å². The second-order valence-electron chi connectivity index (χ2n) is 7.72. The Morgan fingerprint density at radius 2 is 1.66 bits per heavy atom. The third kappa shape index (κ3) is 8.88. The number of carbonyl (C=O) groups excluding carboxylic acids is 2. The Kier molecular flexibility index (Phi) is 11.5. The Morgan fingerprint density at radius 3 is 2.34 bits per heavy atom. The van der Waals surface area contributed by atoms with E-state index in [1.165, 1.54) is 11.0 Å². The van der Waals surface area contributed by atoms with Gasteiger partial charge in [-0.05, 0) is 54.8 Å². The highest BCUT2D eigenvalue weighted by atomic mass is 16.5. The van der Waals surface area contributed by atoms with Crippen molar-refractivity contribution in [2.24, 2.45) is 0 Å². The second kappa shape index (κ2) is 14.6. The van der Waals surface area contributed by atoms with Crippen molar-refractivity contribution in [1.82, 2.24) is 4.90 Å². The number of methoxy groups -OCH3 is 2. The molecule has 0 atom stereocenters. The zero-order valence-electron chi connectivity index (χ0n) is 21.2. The van der Waals surface area contributed by atoms with E-state index in [4.69, 9.17) is 23.7 Å². The fourth-order valence-electron chi connectivity index (χ4n) is 3.14. The largest absolute Gasteiger partial charge is 0.493 e. The fraction of sp³-hybridized carbons (Fsp3) is 0.407. The summed E-state index contributed by atoms with van der Waals surface area (Å²) in [6, 6.07) is 10.9. The summed E-state index contributed by atoms with van der Waals surface area (Å²) >= 11 is 0. The Labute approximate surface area is 207 Å². The Morgan fingerprint density at radius 1 is 0.914 bits per heavy atom. The third-order valence-corrected chi connectivity index (χ3v) is 5.07. The number of ether oxygens (including phenoxy) is 5. The average Bonchev–Trinajstić information content (AvgIpc) is 2.87. The molecule has 2 aromatic carbocycles. The quantitative estimate of drug-likeness (QED) is 0.221. The standard InChI is InChI=1S/C27H35NO7/c1-6-8-15-34-23-13-9-20(16-25(23)33-7-2)11-14-27(30)35-19-26(29)28(3)18-21-10-12-22(31-4)24(17-21)32-5/h9-14,16-17H,6-8,15,18-19H2,1-5H3/b14-11+. The molecule has 1 amide bonds. The second-order valence-corrected chi connectivity index (χ2v) is 7.72. The molecule has 190 valence electrons. The molecule has 8 nitrogen and oxygen atoms in total. The molecule has 8 heteroatoms. The predicted octanol–water partition coefficient (Wildman–Crippen LogP) is 4.50. The first-order valence-electron chi connectivity index (χ1n) is 11.6. The summed E-state index contributed by atoms with van der Waals surface area (Å²) in [5.74, 6) is 1.54. The highest BCUT2D eigenvalue weighted by molar-refractivity contribution is 5.89. The summed E-state index contributed by atoms with van der Waals surface area (Å²) < 4.78 is 27.1. The minimum atomic E-state index is -0.612. The van der Waals surface area contributed by atoms with E-state index in [2.05, 4.69) is 6.92 Å². The van der Waals surface area contributed by atoms with Crippen molar-refractivity contribution in [2.75, 3.05) is 41.1 Å². The van der Waals surface area contributed by atoms with Crippen LogP contribution in [0.4, 0.5) is 0 Å². The van der Waals surface area contributed by atoms with Gasteiger partial charge in [-0.3, -0.25) is 4.79 Å². The van der Waals surface area contributed by atoms with Gasteiger partial charge in [0.15, 0.2) is 29.6 Å². The molecule has 35 heavy (non-hydrogen) atoms. The van der Waals surface area contributed by atoms with Gasteiger partial charge in [0.25, 0.3) is 5.91 Å². The van der Waals surface area contributed by atoms with Crippen molar-refractivity contribution >= 4 is 18.0 Å². The molecule has 0 radical (unpaired) electrons. The molecule has 0 unspecified atom stereocenters. The monoisotopic (exact) mass is 485 g/mol. The third-order valence-electron chi connectivity index (χ3n) is 5.07. The van der Waals surface area contributed by atoms with Gasteiger partial charge in [-0.2, -0.15) is 0 Å². The Bertz CT molecular complexity index is 1000. The minimum absolute atomic E-state index is 0.325. The van der Waals surface area contributed by atoms with Crippen LogP contribution in [-0.4, -0.2) is 57.9 Å². The molecule has 0 aliphatic rings. The molecule has 0 bridgehead atoms. The molecule has 2 aromatic rings. The van der Waals surface area contributed by atoms with Gasteiger partial charge >= 0.3 is 5.97 Å². The maximum absolute atomic E-state index is 12.4. The van der Waals surface area contributed by atoms with Gasteiger partial charge in [0.1, 0.15) is 0 Å². The number of unbranched alkanes of at least 4 members (excludes halogenated alkanes) is 1. The van der Waals surface area contributed by atoms with Gasteiger partial charge in [0, 0.05) is 19.7 Å². The van der Waals surface area contributed by atoms with Gasteiger partial charge in [0.05, 0.1) is 27.4 Å². The number of hydrogen-bond acceptors (Lipinski definition) is 7. The van der Waals surface area contributed by atoms with Crippen LogP contribution in [0.3, 0.4) is 0 Å². The topological polar surface area (TPSA) is 83.5 Å². The minimum Gasteiger partial charge on any atom is -0.493 e. The van der Waals surface area contributed by atoms with Crippen LogP contribution in [-0.2, 0) is 20.9 Å². The number of nitrogens with zero attached hydrogens (tertiary/aromatic N) is 1. The molecule has 0 aliphatic heterocycles. The molecule has 0 aliphatic carbocycles. The summed E-state index contributed by atoms with van der Waals surface area (Å²) in [6.45, 7) is 5.09. The maximum Gasteiger partial charge on any atom is 0.331 e. The van der Waals surface area contributed by atoms with E-state index in [1.807, 2.05) is 25.1 Å². The van der Waals surface area contributed by atoms with E-state index >= 15 is 0 Å². The van der Waals surface area contributed by atoms with Crippen molar-refractivity contribution < 1.29 is 33.3 Å². The molecule has 0 aromatic heterocycles. The van der Waals surface area contributed by atoms with Crippen LogP contribution in [0.15, 0.2) is 42.5 Å². The van der Waals surface area contributed by atoms with Crippen molar-refractivity contribution in [3.05, 3.63) is 53.6 Å². The SMILES string of the molecule is CCCCOc1ccc(/C=C/C(=O)OCC(=O)N(C)Cc2ccc(OC)c(OC)c2)cc1OCC. The first kappa shape index (κ1) is 27.6. The highest BCUT2D eigenvalue weighted by Gasteiger charge is 2.13. The molecule has 0 N–H and O–H groups in total. The van der Waals surface area contributed by atoms with Crippen LogP contribution in [0, 0.1) is 0 Å². The van der Waals surface area contributed by atoms with Gasteiger partial charge in [-0.15, -0.1) is 0 Å². The zero-order valence-corrected chi connectivity index (χ0v) is 21.2. The number of hydrogen-bond donors (Lipinski definition) is 0. The van der Waals surface area contributed by atoms with Gasteiger partial charge in [-0.1, -0.05) is 25.5 Å². The lowest BCUT2D eigenvalue weighted by Gasteiger charge is -2.18. The normalized spacial score (nSPS) is 10.7. The van der Waals surface area contributed by atoms with E-state index in [0.29, 0.717) is 42.8 Å². The number of benzene rings is 2. The predicted molar refractivity (Wildman–Crippen MR) is 134 cm³/mol. The fourth-order valence-corrected chi connectivity index (χ4v) is 3.14. The number of esters is 1. The van der Waals surface area contributed by atoms with Crippen molar-refractivity contribution in [3.63, 3.8) is 0 Å². The van der Waals surface area contributed by atoms with Crippen LogP contribution in [0.5, 0.6) is 23.0 Å². The number of carbonyl (C=O) groups is 2. The Balaban J connectivity index is 1.89. The molecule has 2 rings (SSSR count). The number of amides is 1. The van der Waals surface area contributed by atoms with Crippen molar-refractivity contribution in [1.29, 1.82) is 0 Å². The van der Waals surface area contributed by atoms with Crippen molar-refractivity contribution in [3.8, 4) is 23.0 Å². The van der Waals surface area contributed by atoms with E-state index in [9.17, 15) is 9.59 Å². The van der Waals surface area contributed by atoms with Gasteiger partial charge in [-0.25, -0.2) is 4.79 Å². The first-order chi connectivity index (χ1) is 16.9. The Hall–Kier alpha value is -3.68. The van der Waals surface area contributed by atoms with E-state index in [0.717, 1.165) is 24.0 Å². The summed E-state index contributed by atoms with van der Waals surface area (Å²) in [4.78, 5) is 26.0. The van der Waals surface area contributed by atoms with Gasteiger partial charge in [0.2, 0.25) is 0 Å². The number of likely N-dealkylation sites (N-methyl/N-ethyl adjacent to an activating group) is 1. The van der Waals surface area contributed by atoms with Crippen LogP contribution in [0.25, 0.3) is 6.08 Å². The zero-order chi connectivity index (χ0) is 25.6. The molecular formula is C27H35NO7. The van der Waals surface area contributed by atoms with Crippen LogP contribution < -0.4 is 18.9 Å². The van der Waals surface area contributed by atoms with E-state index in [-0.39, 0.29) is 12.5 Å². The smallest absolute Gasteiger partial charge is 0.331 e. The lowest BCUT2D eigenvalue weighted by molar-refractivity contribution is -0.147. The summed E-state index contributed by atoms with van der Waals surface area (Å²) in [7, 11) is 4.75. The van der Waals surface area contributed by atoms with Crippen molar-refractivity contribution in [2.45, 2.75) is 33.2 Å². The summed E-state index contributed by atoms with van der Waals surface area (Å²) in [5.41, 5.74) is 1.61. The van der Waals surface area contributed by atoms with Crippen LogP contribution in [0.1, 0.15) is 37.8 Å². The maximum atomic E-state index is 12.4. The van der Waals surface area contributed by atoms with Crippen LogP contribution in [0.2, 0.25) is 0 Å². The molecule has 0 saturated carbocycles. The lowest BCUT2D eigenvalue weighted by atomic mass is 10.2. The van der Waals surface area contributed by atoms with Gasteiger partial charge < -0.3 is 28.6 Å². The van der Waals surface area contributed by atoms with E-state index < -0.39 is 5.97 Å². The molecular weight excluding hydrogens is 450 g/mol. The average molecular weight is 486 g/mol. The highest BCUT2D eigenvalue weighted by Crippen LogP contribution is 2.29. The molecule has 0 heterocycles. The lowest BCUT2D eigenvalue weighted by Crippen LogP contribution is -2.30. The summed E-state index contributed by atoms with van der Waals surface area (Å²) in [6.07, 6.45) is 4.89. The molecule has 0 spiro atoms. The first-order valence-corrected chi connectivity index (χ1v) is 11.6. The molecule has 0 saturated heterocycles.